The maximum Gasteiger partial charge on any atom is 0.157 e. The number of halogens is 1. The molecule has 2 heterocycles. The Balaban J connectivity index is 1.41. The maximum absolute atomic E-state index is 13.1. The Kier molecular flexibility index (Phi) is 5.46. The van der Waals surface area contributed by atoms with E-state index >= 15 is 0 Å². The van der Waals surface area contributed by atoms with E-state index in [-0.39, 0.29) is 5.82 Å². The average Bonchev–Trinajstić information content (AvgIpc) is 2.75. The first-order valence-electron chi connectivity index (χ1n) is 9.75. The van der Waals surface area contributed by atoms with Crippen LogP contribution in [0.1, 0.15) is 11.1 Å². The lowest BCUT2D eigenvalue weighted by Gasteiger charge is -2.37. The zero-order chi connectivity index (χ0) is 20.2. The molecule has 1 aliphatic heterocycles. The summed E-state index contributed by atoms with van der Waals surface area (Å²) in [7, 11) is 0. The van der Waals surface area contributed by atoms with Crippen molar-refractivity contribution < 1.29 is 4.39 Å². The van der Waals surface area contributed by atoms with Gasteiger partial charge in [-0.05, 0) is 36.8 Å². The molecule has 1 aliphatic rings. The molecule has 1 fully saturated rings. The topological polar surface area (TPSA) is 70.3 Å². The van der Waals surface area contributed by atoms with Crippen molar-refractivity contribution in [3.8, 4) is 0 Å². The van der Waals surface area contributed by atoms with E-state index in [9.17, 15) is 4.39 Å². The highest BCUT2D eigenvalue weighted by Crippen LogP contribution is 2.28. The lowest BCUT2D eigenvalue weighted by molar-refractivity contribution is 0.624. The third kappa shape index (κ3) is 4.39. The van der Waals surface area contributed by atoms with Crippen LogP contribution in [0.4, 0.5) is 27.4 Å². The van der Waals surface area contributed by atoms with Crippen LogP contribution in [0.15, 0.2) is 54.9 Å². The van der Waals surface area contributed by atoms with Crippen molar-refractivity contribution in [2.45, 2.75) is 13.5 Å². The van der Waals surface area contributed by atoms with E-state index in [2.05, 4.69) is 56.3 Å². The molecular formula is C22H25FN6. The van der Waals surface area contributed by atoms with Crippen LogP contribution in [0.25, 0.3) is 0 Å². The number of nitrogens with two attached hydrogens (primary N) is 1. The van der Waals surface area contributed by atoms with E-state index in [1.807, 2.05) is 12.1 Å². The van der Waals surface area contributed by atoms with E-state index in [1.54, 1.807) is 6.33 Å². The van der Waals surface area contributed by atoms with E-state index < -0.39 is 0 Å². The summed E-state index contributed by atoms with van der Waals surface area (Å²) in [6.45, 7) is 5.94. The van der Waals surface area contributed by atoms with E-state index in [0.717, 1.165) is 37.7 Å². The van der Waals surface area contributed by atoms with E-state index in [4.69, 9.17) is 5.73 Å². The van der Waals surface area contributed by atoms with Crippen molar-refractivity contribution in [1.82, 2.24) is 9.97 Å². The van der Waals surface area contributed by atoms with Gasteiger partial charge in [0.2, 0.25) is 0 Å². The van der Waals surface area contributed by atoms with Crippen molar-refractivity contribution in [3.63, 3.8) is 0 Å². The number of hydrogen-bond acceptors (Lipinski definition) is 6. The largest absolute Gasteiger partial charge is 0.393 e. The minimum absolute atomic E-state index is 0.216. The number of nitrogens with one attached hydrogen (secondary N) is 1. The summed E-state index contributed by atoms with van der Waals surface area (Å²) in [5.41, 5.74) is 10.4. The number of aryl methyl sites for hydroxylation is 1. The van der Waals surface area contributed by atoms with Crippen molar-refractivity contribution in [1.29, 1.82) is 0 Å². The molecule has 2 aromatic carbocycles. The summed E-state index contributed by atoms with van der Waals surface area (Å²) in [4.78, 5) is 13.2. The van der Waals surface area contributed by atoms with Gasteiger partial charge < -0.3 is 20.9 Å². The Morgan fingerprint density at radius 1 is 0.931 bits per heavy atom. The quantitative estimate of drug-likeness (QED) is 0.693. The van der Waals surface area contributed by atoms with Crippen LogP contribution in [0, 0.1) is 12.7 Å². The first kappa shape index (κ1) is 19.0. The minimum atomic E-state index is -0.216. The Morgan fingerprint density at radius 3 is 2.28 bits per heavy atom. The lowest BCUT2D eigenvalue weighted by Crippen LogP contribution is -2.47. The third-order valence-corrected chi connectivity index (χ3v) is 5.21. The molecule has 0 unspecified atom stereocenters. The summed E-state index contributed by atoms with van der Waals surface area (Å²) in [5, 5.41) is 3.32. The maximum atomic E-state index is 13.1. The Hall–Kier alpha value is -3.35. The number of nitrogen functional groups attached to an aromatic ring is 1. The molecule has 6 nitrogen and oxygen atoms in total. The number of nitrogens with zero attached hydrogens (tertiary/aromatic N) is 4. The first-order chi connectivity index (χ1) is 14.1. The second-order valence-corrected chi connectivity index (χ2v) is 7.25. The highest BCUT2D eigenvalue weighted by molar-refractivity contribution is 5.75. The molecule has 0 radical (unpaired) electrons. The van der Waals surface area contributed by atoms with Crippen molar-refractivity contribution >= 4 is 23.0 Å². The standard InChI is InChI=1S/C22H25FN6/c1-16-2-4-17(5-3-16)14-25-21-20(24)22(27-15-26-21)29-12-10-28(11-13-29)19-8-6-18(23)7-9-19/h2-9,15H,10-14,24H2,1H3,(H,25,26,27). The molecule has 0 aliphatic carbocycles. The van der Waals surface area contributed by atoms with Gasteiger partial charge in [-0.2, -0.15) is 0 Å². The fraction of sp³-hybridized carbons (Fsp3) is 0.273. The zero-order valence-corrected chi connectivity index (χ0v) is 16.5. The molecule has 7 heteroatoms. The number of hydrogen-bond donors (Lipinski definition) is 2. The van der Waals surface area contributed by atoms with Gasteiger partial charge in [0.25, 0.3) is 0 Å². The number of rotatable bonds is 5. The first-order valence-corrected chi connectivity index (χ1v) is 9.75. The highest BCUT2D eigenvalue weighted by atomic mass is 19.1. The molecule has 0 atom stereocenters. The second-order valence-electron chi connectivity index (χ2n) is 7.25. The fourth-order valence-electron chi connectivity index (χ4n) is 3.50. The molecular weight excluding hydrogens is 367 g/mol. The number of piperazine rings is 1. The fourth-order valence-corrected chi connectivity index (χ4v) is 3.50. The van der Waals surface area contributed by atoms with Crippen molar-refractivity contribution in [3.05, 3.63) is 71.8 Å². The Bertz CT molecular complexity index is 950. The normalized spacial score (nSPS) is 14.1. The van der Waals surface area contributed by atoms with Gasteiger partial charge in [0.15, 0.2) is 11.6 Å². The minimum Gasteiger partial charge on any atom is -0.393 e. The van der Waals surface area contributed by atoms with Gasteiger partial charge in [-0.3, -0.25) is 0 Å². The Labute approximate surface area is 170 Å². The number of benzene rings is 2. The summed E-state index contributed by atoms with van der Waals surface area (Å²) in [6, 6.07) is 15.0. The van der Waals surface area contributed by atoms with Gasteiger partial charge in [-0.25, -0.2) is 14.4 Å². The van der Waals surface area contributed by atoms with Crippen LogP contribution < -0.4 is 20.9 Å². The monoisotopic (exact) mass is 392 g/mol. The molecule has 0 bridgehead atoms. The van der Waals surface area contributed by atoms with Gasteiger partial charge in [0.1, 0.15) is 17.8 Å². The van der Waals surface area contributed by atoms with Crippen LogP contribution in [0.5, 0.6) is 0 Å². The summed E-state index contributed by atoms with van der Waals surface area (Å²) < 4.78 is 13.1. The van der Waals surface area contributed by atoms with Crippen LogP contribution >= 0.6 is 0 Å². The number of aromatic nitrogens is 2. The molecule has 3 aromatic rings. The van der Waals surface area contributed by atoms with Gasteiger partial charge in [-0.15, -0.1) is 0 Å². The summed E-state index contributed by atoms with van der Waals surface area (Å²) in [5.74, 6) is 1.19. The Morgan fingerprint density at radius 2 is 1.59 bits per heavy atom. The number of anilines is 4. The van der Waals surface area contributed by atoms with Gasteiger partial charge >= 0.3 is 0 Å². The predicted octanol–water partition coefficient (Wildman–Crippen LogP) is 3.45. The summed E-state index contributed by atoms with van der Waals surface area (Å²) in [6.07, 6.45) is 1.55. The van der Waals surface area contributed by atoms with E-state index in [0.29, 0.717) is 18.1 Å². The second kappa shape index (κ2) is 8.34. The molecule has 3 N–H and O–H groups in total. The predicted molar refractivity (Wildman–Crippen MR) is 116 cm³/mol. The molecule has 0 saturated carbocycles. The lowest BCUT2D eigenvalue weighted by atomic mass is 10.1. The SMILES string of the molecule is Cc1ccc(CNc2ncnc(N3CCN(c4ccc(F)cc4)CC3)c2N)cc1. The zero-order valence-electron chi connectivity index (χ0n) is 16.5. The molecule has 1 saturated heterocycles. The van der Waals surface area contributed by atoms with Crippen LogP contribution in [0.2, 0.25) is 0 Å². The van der Waals surface area contributed by atoms with Crippen molar-refractivity contribution in [2.24, 2.45) is 0 Å². The van der Waals surface area contributed by atoms with Gasteiger partial charge in [-0.1, -0.05) is 29.8 Å². The smallest absolute Gasteiger partial charge is 0.157 e. The molecule has 29 heavy (non-hydrogen) atoms. The molecule has 0 spiro atoms. The van der Waals surface area contributed by atoms with E-state index in [1.165, 1.54) is 23.3 Å². The van der Waals surface area contributed by atoms with Gasteiger partial charge in [0.05, 0.1) is 0 Å². The van der Waals surface area contributed by atoms with Crippen LogP contribution in [0.3, 0.4) is 0 Å². The molecule has 0 amide bonds. The molecule has 1 aromatic heterocycles. The molecule has 150 valence electrons. The van der Waals surface area contributed by atoms with Crippen LogP contribution in [-0.2, 0) is 6.54 Å². The average molecular weight is 392 g/mol. The third-order valence-electron chi connectivity index (χ3n) is 5.21. The highest BCUT2D eigenvalue weighted by Gasteiger charge is 2.21. The summed E-state index contributed by atoms with van der Waals surface area (Å²) >= 11 is 0. The van der Waals surface area contributed by atoms with Crippen LogP contribution in [-0.4, -0.2) is 36.1 Å². The van der Waals surface area contributed by atoms with Crippen molar-refractivity contribution in [2.75, 3.05) is 47.0 Å². The van der Waals surface area contributed by atoms with Gasteiger partial charge in [0, 0.05) is 38.4 Å². The molecule has 4 rings (SSSR count).